The van der Waals surface area contributed by atoms with Gasteiger partial charge in [-0.25, -0.2) is 0 Å². The lowest BCUT2D eigenvalue weighted by atomic mass is 10.3. The molecular formula is C7H4F3IO3S2. The smallest absolute Gasteiger partial charge is 0.375 e. The van der Waals surface area contributed by atoms with Gasteiger partial charge in [-0.3, -0.25) is 0 Å². The highest BCUT2D eigenvalue weighted by Gasteiger charge is 2.48. The molecule has 0 bridgehead atoms. The van der Waals surface area contributed by atoms with Gasteiger partial charge in [-0.2, -0.15) is 21.6 Å². The summed E-state index contributed by atoms with van der Waals surface area (Å²) in [4.78, 5) is 0.302. The third-order valence-electron chi connectivity index (χ3n) is 1.42. The van der Waals surface area contributed by atoms with Gasteiger partial charge >= 0.3 is 15.6 Å². The maximum absolute atomic E-state index is 12.0. The molecule has 0 N–H and O–H groups in total. The Morgan fingerprint density at radius 1 is 1.25 bits per heavy atom. The van der Waals surface area contributed by atoms with E-state index in [4.69, 9.17) is 0 Å². The van der Waals surface area contributed by atoms with Crippen LogP contribution in [0.25, 0.3) is 0 Å². The summed E-state index contributed by atoms with van der Waals surface area (Å²) < 4.78 is 61.6. The predicted octanol–water partition coefficient (Wildman–Crippen LogP) is 3.36. The van der Waals surface area contributed by atoms with Gasteiger partial charge in [0.2, 0.25) is 0 Å². The Labute approximate surface area is 106 Å². The number of halogens is 4. The van der Waals surface area contributed by atoms with Gasteiger partial charge in [0, 0.05) is 21.2 Å². The highest BCUT2D eigenvalue weighted by molar-refractivity contribution is 14.2. The third kappa shape index (κ3) is 3.17. The van der Waals surface area contributed by atoms with Crippen LogP contribution in [0.1, 0.15) is 0 Å². The molecule has 0 saturated carbocycles. The summed E-state index contributed by atoms with van der Waals surface area (Å²) >= 11 is 1.81. The zero-order valence-electron chi connectivity index (χ0n) is 7.36. The summed E-state index contributed by atoms with van der Waals surface area (Å²) in [5.74, 6) is -0.334. The maximum atomic E-state index is 12.0. The summed E-state index contributed by atoms with van der Waals surface area (Å²) in [5.41, 5.74) is -5.42. The van der Waals surface area contributed by atoms with E-state index in [1.165, 1.54) is 12.1 Å². The fraction of sp³-hybridized carbons (Fsp3) is 0.143. The van der Waals surface area contributed by atoms with E-state index < -0.39 is 15.6 Å². The molecule has 0 fully saturated rings. The van der Waals surface area contributed by atoms with Crippen molar-refractivity contribution in [2.75, 3.05) is 0 Å². The van der Waals surface area contributed by atoms with Crippen molar-refractivity contribution in [3.8, 4) is 5.75 Å². The largest absolute Gasteiger partial charge is 0.534 e. The van der Waals surface area contributed by atoms with E-state index in [-0.39, 0.29) is 5.75 Å². The zero-order valence-corrected chi connectivity index (χ0v) is 11.2. The van der Waals surface area contributed by atoms with Gasteiger partial charge in [-0.05, 0) is 21.1 Å². The molecule has 0 unspecified atom stereocenters. The average molecular weight is 384 g/mol. The van der Waals surface area contributed by atoms with Gasteiger partial charge in [-0.1, -0.05) is 12.1 Å². The topological polar surface area (TPSA) is 43.4 Å². The maximum Gasteiger partial charge on any atom is 0.534 e. The fourth-order valence-corrected chi connectivity index (χ4v) is 2.68. The first-order valence-corrected chi connectivity index (χ1v) is 8.43. The molecule has 0 aliphatic carbocycles. The van der Waals surface area contributed by atoms with Crippen LogP contribution in [0.15, 0.2) is 29.2 Å². The number of para-hydroxylation sites is 1. The van der Waals surface area contributed by atoms with Crippen LogP contribution in [0.2, 0.25) is 0 Å². The van der Waals surface area contributed by atoms with Crippen molar-refractivity contribution in [2.45, 2.75) is 10.4 Å². The van der Waals surface area contributed by atoms with Gasteiger partial charge in [0.1, 0.15) is 0 Å². The molecule has 0 aliphatic heterocycles. The van der Waals surface area contributed by atoms with Crippen LogP contribution in [-0.2, 0) is 10.1 Å². The predicted molar refractivity (Wildman–Crippen MR) is 61.9 cm³/mol. The molecule has 9 heteroatoms. The molecule has 3 nitrogen and oxygen atoms in total. The van der Waals surface area contributed by atoms with E-state index in [1.807, 2.05) is 21.2 Å². The van der Waals surface area contributed by atoms with Crippen molar-refractivity contribution in [3.63, 3.8) is 0 Å². The molecule has 90 valence electrons. The second kappa shape index (κ2) is 5.00. The normalized spacial score (nSPS) is 12.5. The van der Waals surface area contributed by atoms with E-state index in [0.29, 0.717) is 4.90 Å². The molecule has 0 spiro atoms. The number of hydrogen-bond donors (Lipinski definition) is 0. The summed E-state index contributed by atoms with van der Waals surface area (Å²) in [5, 5.41) is 0. The summed E-state index contributed by atoms with van der Waals surface area (Å²) in [7, 11) is -4.54. The van der Waals surface area contributed by atoms with Gasteiger partial charge in [-0.15, -0.1) is 0 Å². The Kier molecular flexibility index (Phi) is 4.35. The lowest BCUT2D eigenvalue weighted by molar-refractivity contribution is -0.0500. The van der Waals surface area contributed by atoms with Crippen molar-refractivity contribution in [2.24, 2.45) is 0 Å². The van der Waals surface area contributed by atoms with Crippen molar-refractivity contribution in [1.29, 1.82) is 0 Å². The first-order valence-electron chi connectivity index (χ1n) is 3.66. The quantitative estimate of drug-likeness (QED) is 0.456. The highest BCUT2D eigenvalue weighted by Crippen LogP contribution is 2.36. The minimum atomic E-state index is -5.60. The number of benzene rings is 1. The summed E-state index contributed by atoms with van der Waals surface area (Å²) in [6.07, 6.45) is 0. The lowest BCUT2D eigenvalue weighted by Crippen LogP contribution is -2.28. The standard InChI is InChI=1S/C7H4F3IO3S2/c8-7(9,10)16(12,13)14-5-3-1-2-4-6(5)15-11/h1-4H. The molecule has 0 heterocycles. The molecule has 0 aliphatic rings. The second-order valence-electron chi connectivity index (χ2n) is 2.51. The van der Waals surface area contributed by atoms with Crippen molar-refractivity contribution >= 4 is 40.3 Å². The molecule has 0 saturated heterocycles. The average Bonchev–Trinajstić information content (AvgIpc) is 2.16. The molecule has 1 aromatic rings. The highest BCUT2D eigenvalue weighted by atomic mass is 127. The van der Waals surface area contributed by atoms with Gasteiger partial charge in [0.05, 0.1) is 4.90 Å². The van der Waals surface area contributed by atoms with E-state index in [2.05, 4.69) is 4.18 Å². The lowest BCUT2D eigenvalue weighted by Gasteiger charge is -2.10. The summed E-state index contributed by atoms with van der Waals surface area (Å²) in [6, 6.07) is 5.56. The third-order valence-corrected chi connectivity index (χ3v) is 4.31. The van der Waals surface area contributed by atoms with E-state index in [0.717, 1.165) is 15.0 Å². The van der Waals surface area contributed by atoms with Gasteiger partial charge in [0.15, 0.2) is 5.75 Å². The Morgan fingerprint density at radius 3 is 2.31 bits per heavy atom. The van der Waals surface area contributed by atoms with Crippen LogP contribution in [-0.4, -0.2) is 13.9 Å². The van der Waals surface area contributed by atoms with Gasteiger partial charge in [0.25, 0.3) is 0 Å². The van der Waals surface area contributed by atoms with E-state index in [9.17, 15) is 21.6 Å². The Morgan fingerprint density at radius 2 is 1.81 bits per heavy atom. The number of rotatable bonds is 3. The molecular weight excluding hydrogens is 380 g/mol. The van der Waals surface area contributed by atoms with Crippen molar-refractivity contribution < 1.29 is 25.8 Å². The Balaban J connectivity index is 3.06. The first-order chi connectivity index (χ1) is 7.28. The first kappa shape index (κ1) is 13.9. The molecule has 0 radical (unpaired) electrons. The fourth-order valence-electron chi connectivity index (χ4n) is 0.748. The van der Waals surface area contributed by atoms with Crippen LogP contribution in [0, 0.1) is 0 Å². The van der Waals surface area contributed by atoms with Crippen LogP contribution >= 0.6 is 30.1 Å². The van der Waals surface area contributed by atoms with Crippen LogP contribution < -0.4 is 4.18 Å². The molecule has 0 atom stereocenters. The molecule has 16 heavy (non-hydrogen) atoms. The van der Waals surface area contributed by atoms with Crippen LogP contribution in [0.4, 0.5) is 13.2 Å². The zero-order chi connectivity index (χ0) is 12.4. The molecule has 1 rings (SSSR count). The van der Waals surface area contributed by atoms with E-state index >= 15 is 0 Å². The minimum Gasteiger partial charge on any atom is -0.375 e. The monoisotopic (exact) mass is 384 g/mol. The SMILES string of the molecule is O=S(=O)(Oc1ccccc1SI)C(F)(F)F. The van der Waals surface area contributed by atoms with Crippen LogP contribution in [0.5, 0.6) is 5.75 Å². The molecule has 0 aromatic heterocycles. The van der Waals surface area contributed by atoms with Crippen LogP contribution in [0.3, 0.4) is 0 Å². The summed E-state index contributed by atoms with van der Waals surface area (Å²) in [6.45, 7) is 0. The van der Waals surface area contributed by atoms with Crippen molar-refractivity contribution in [1.82, 2.24) is 0 Å². The number of hydrogen-bond acceptors (Lipinski definition) is 4. The van der Waals surface area contributed by atoms with Crippen molar-refractivity contribution in [3.05, 3.63) is 24.3 Å². The minimum absolute atomic E-state index is 0.302. The number of alkyl halides is 3. The van der Waals surface area contributed by atoms with E-state index in [1.54, 1.807) is 6.07 Å². The molecule has 0 amide bonds. The Hall–Kier alpha value is -0.160. The van der Waals surface area contributed by atoms with Gasteiger partial charge < -0.3 is 4.18 Å². The Bertz CT molecular complexity index is 472. The second-order valence-corrected chi connectivity index (χ2v) is 5.96. The molecule has 1 aromatic carbocycles.